The molecule has 0 aliphatic carbocycles. The highest BCUT2D eigenvalue weighted by molar-refractivity contribution is 9.10. The second-order valence-corrected chi connectivity index (χ2v) is 5.17. The summed E-state index contributed by atoms with van der Waals surface area (Å²) in [6, 6.07) is 17.5. The van der Waals surface area contributed by atoms with Gasteiger partial charge in [0.2, 0.25) is 0 Å². The standard InChI is InChI=1S/C16H11BrN2O/c17-15-9-5-4-8-14(15)16-12(11-20)10-19(18-16)13-6-2-1-3-7-13/h1-11H. The van der Waals surface area contributed by atoms with Crippen molar-refractivity contribution >= 4 is 22.2 Å². The molecule has 0 saturated carbocycles. The molecule has 4 heteroatoms. The molecule has 0 unspecified atom stereocenters. The van der Waals surface area contributed by atoms with Crippen LogP contribution in [-0.4, -0.2) is 16.1 Å². The van der Waals surface area contributed by atoms with Crippen molar-refractivity contribution in [2.75, 3.05) is 0 Å². The van der Waals surface area contributed by atoms with Crippen LogP contribution in [0.4, 0.5) is 0 Å². The van der Waals surface area contributed by atoms with E-state index < -0.39 is 0 Å². The second kappa shape index (κ2) is 5.43. The molecule has 0 aliphatic heterocycles. The number of aldehydes is 1. The molecule has 3 nitrogen and oxygen atoms in total. The quantitative estimate of drug-likeness (QED) is 0.679. The van der Waals surface area contributed by atoms with Gasteiger partial charge in [-0.05, 0) is 18.2 Å². The first-order chi connectivity index (χ1) is 9.79. The van der Waals surface area contributed by atoms with Gasteiger partial charge in [-0.1, -0.05) is 52.3 Å². The van der Waals surface area contributed by atoms with Crippen molar-refractivity contribution in [3.63, 3.8) is 0 Å². The Hall–Kier alpha value is -2.20. The van der Waals surface area contributed by atoms with Gasteiger partial charge >= 0.3 is 0 Å². The number of halogens is 1. The topological polar surface area (TPSA) is 34.9 Å². The molecule has 98 valence electrons. The Labute approximate surface area is 125 Å². The summed E-state index contributed by atoms with van der Waals surface area (Å²) in [5.74, 6) is 0. The van der Waals surface area contributed by atoms with Crippen LogP contribution >= 0.6 is 15.9 Å². The molecule has 0 bridgehead atoms. The third-order valence-corrected chi connectivity index (χ3v) is 3.71. The molecule has 0 amide bonds. The Balaban J connectivity index is 2.16. The lowest BCUT2D eigenvalue weighted by Gasteiger charge is -2.02. The van der Waals surface area contributed by atoms with Gasteiger partial charge in [0.25, 0.3) is 0 Å². The predicted molar refractivity (Wildman–Crippen MR) is 82.1 cm³/mol. The average molecular weight is 327 g/mol. The highest BCUT2D eigenvalue weighted by Gasteiger charge is 2.13. The molecule has 20 heavy (non-hydrogen) atoms. The number of para-hydroxylation sites is 1. The van der Waals surface area contributed by atoms with Crippen LogP contribution in [0.15, 0.2) is 65.3 Å². The van der Waals surface area contributed by atoms with Crippen LogP contribution in [0.1, 0.15) is 10.4 Å². The minimum absolute atomic E-state index is 0.570. The van der Waals surface area contributed by atoms with Gasteiger partial charge in [0.15, 0.2) is 6.29 Å². The number of hydrogen-bond donors (Lipinski definition) is 0. The van der Waals surface area contributed by atoms with Crippen LogP contribution in [-0.2, 0) is 0 Å². The Morgan fingerprint density at radius 1 is 1.00 bits per heavy atom. The maximum atomic E-state index is 11.3. The predicted octanol–water partition coefficient (Wildman–Crippen LogP) is 4.11. The van der Waals surface area contributed by atoms with Gasteiger partial charge in [-0.15, -0.1) is 0 Å². The van der Waals surface area contributed by atoms with Crippen LogP contribution in [0.3, 0.4) is 0 Å². The van der Waals surface area contributed by atoms with Crippen LogP contribution < -0.4 is 0 Å². The van der Waals surface area contributed by atoms with E-state index in [2.05, 4.69) is 21.0 Å². The molecule has 2 aromatic carbocycles. The van der Waals surface area contributed by atoms with Gasteiger partial charge in [0.05, 0.1) is 11.3 Å². The average Bonchev–Trinajstić information content (AvgIpc) is 2.93. The van der Waals surface area contributed by atoms with E-state index in [1.165, 1.54) is 0 Å². The summed E-state index contributed by atoms with van der Waals surface area (Å²) >= 11 is 3.50. The number of carbonyl (C=O) groups excluding carboxylic acids is 1. The van der Waals surface area contributed by atoms with Crippen molar-refractivity contribution in [2.45, 2.75) is 0 Å². The first kappa shape index (κ1) is 12.8. The molecule has 3 aromatic rings. The second-order valence-electron chi connectivity index (χ2n) is 4.31. The largest absolute Gasteiger partial charge is 0.298 e. The third-order valence-electron chi connectivity index (χ3n) is 3.02. The maximum Gasteiger partial charge on any atom is 0.153 e. The molecular weight excluding hydrogens is 316 g/mol. The van der Waals surface area contributed by atoms with Crippen molar-refractivity contribution in [3.05, 3.63) is 70.8 Å². The van der Waals surface area contributed by atoms with Gasteiger partial charge in [0.1, 0.15) is 5.69 Å². The molecule has 0 N–H and O–H groups in total. The van der Waals surface area contributed by atoms with Crippen LogP contribution in [0.2, 0.25) is 0 Å². The molecule has 0 spiro atoms. The zero-order chi connectivity index (χ0) is 13.9. The van der Waals surface area contributed by atoms with E-state index in [-0.39, 0.29) is 0 Å². The van der Waals surface area contributed by atoms with E-state index in [0.29, 0.717) is 11.3 Å². The van der Waals surface area contributed by atoms with Crippen molar-refractivity contribution in [1.82, 2.24) is 9.78 Å². The highest BCUT2D eigenvalue weighted by Crippen LogP contribution is 2.29. The van der Waals surface area contributed by atoms with Crippen molar-refractivity contribution < 1.29 is 4.79 Å². The fourth-order valence-electron chi connectivity index (χ4n) is 2.05. The summed E-state index contributed by atoms with van der Waals surface area (Å²) in [5, 5.41) is 4.54. The van der Waals surface area contributed by atoms with E-state index in [1.807, 2.05) is 54.6 Å². The Morgan fingerprint density at radius 2 is 1.70 bits per heavy atom. The Bertz CT molecular complexity index is 750. The molecule has 1 aromatic heterocycles. The zero-order valence-electron chi connectivity index (χ0n) is 10.5. The normalized spacial score (nSPS) is 10.4. The molecule has 0 aliphatic rings. The number of rotatable bonds is 3. The van der Waals surface area contributed by atoms with Crippen LogP contribution in [0.5, 0.6) is 0 Å². The van der Waals surface area contributed by atoms with Gasteiger partial charge in [0, 0.05) is 16.2 Å². The van der Waals surface area contributed by atoms with E-state index in [1.54, 1.807) is 10.9 Å². The lowest BCUT2D eigenvalue weighted by molar-refractivity contribution is 0.112. The number of benzene rings is 2. The third kappa shape index (κ3) is 2.30. The Kier molecular flexibility index (Phi) is 3.48. The SMILES string of the molecule is O=Cc1cn(-c2ccccc2)nc1-c1ccccc1Br. The molecule has 0 saturated heterocycles. The van der Waals surface area contributed by atoms with Crippen LogP contribution in [0, 0.1) is 0 Å². The number of nitrogens with zero attached hydrogens (tertiary/aromatic N) is 2. The summed E-state index contributed by atoms with van der Waals surface area (Å²) < 4.78 is 2.64. The first-order valence-corrected chi connectivity index (χ1v) is 6.94. The molecule has 0 atom stereocenters. The summed E-state index contributed by atoms with van der Waals surface area (Å²) in [4.78, 5) is 11.3. The van der Waals surface area contributed by atoms with E-state index in [0.717, 1.165) is 22.0 Å². The lowest BCUT2D eigenvalue weighted by Crippen LogP contribution is -1.94. The molecule has 3 rings (SSSR count). The fraction of sp³-hybridized carbons (Fsp3) is 0. The summed E-state index contributed by atoms with van der Waals surface area (Å²) in [5.41, 5.74) is 3.08. The fourth-order valence-corrected chi connectivity index (χ4v) is 2.52. The molecule has 0 fully saturated rings. The van der Waals surface area contributed by atoms with Crippen molar-refractivity contribution in [1.29, 1.82) is 0 Å². The minimum atomic E-state index is 0.570. The molecule has 1 heterocycles. The summed E-state index contributed by atoms with van der Waals surface area (Å²) in [7, 11) is 0. The zero-order valence-corrected chi connectivity index (χ0v) is 12.1. The number of hydrogen-bond acceptors (Lipinski definition) is 2. The van der Waals surface area contributed by atoms with E-state index in [9.17, 15) is 4.79 Å². The number of carbonyl (C=O) groups is 1. The monoisotopic (exact) mass is 326 g/mol. The van der Waals surface area contributed by atoms with Crippen LogP contribution in [0.25, 0.3) is 16.9 Å². The number of aromatic nitrogens is 2. The Morgan fingerprint density at radius 3 is 2.40 bits per heavy atom. The maximum absolute atomic E-state index is 11.3. The highest BCUT2D eigenvalue weighted by atomic mass is 79.9. The van der Waals surface area contributed by atoms with Crippen molar-refractivity contribution in [2.24, 2.45) is 0 Å². The van der Waals surface area contributed by atoms with Gasteiger partial charge in [-0.3, -0.25) is 4.79 Å². The van der Waals surface area contributed by atoms with Crippen molar-refractivity contribution in [3.8, 4) is 16.9 Å². The first-order valence-electron chi connectivity index (χ1n) is 6.15. The van der Waals surface area contributed by atoms with Gasteiger partial charge in [-0.25, -0.2) is 4.68 Å². The van der Waals surface area contributed by atoms with E-state index >= 15 is 0 Å². The smallest absolute Gasteiger partial charge is 0.153 e. The van der Waals surface area contributed by atoms with E-state index in [4.69, 9.17) is 0 Å². The van der Waals surface area contributed by atoms with Gasteiger partial charge in [-0.2, -0.15) is 5.10 Å². The summed E-state index contributed by atoms with van der Waals surface area (Å²) in [6.45, 7) is 0. The summed E-state index contributed by atoms with van der Waals surface area (Å²) in [6.07, 6.45) is 2.58. The molecule has 0 radical (unpaired) electrons. The minimum Gasteiger partial charge on any atom is -0.298 e. The molecular formula is C16H11BrN2O. The van der Waals surface area contributed by atoms with Gasteiger partial charge < -0.3 is 0 Å². The lowest BCUT2D eigenvalue weighted by atomic mass is 10.1.